The quantitative estimate of drug-likeness (QED) is 0.927. The second kappa shape index (κ2) is 5.86. The number of benzene rings is 2. The Hall–Kier alpha value is -1.87. The van der Waals surface area contributed by atoms with Crippen LogP contribution < -0.4 is 10.1 Å². The van der Waals surface area contributed by atoms with Crippen LogP contribution in [0.15, 0.2) is 36.4 Å². The summed E-state index contributed by atoms with van der Waals surface area (Å²) in [4.78, 5) is 0. The summed E-state index contributed by atoms with van der Waals surface area (Å²) in [5, 5.41) is 3.23. The summed E-state index contributed by atoms with van der Waals surface area (Å²) < 4.78 is 20.0. The number of rotatable bonds is 3. The highest BCUT2D eigenvalue weighted by molar-refractivity contribution is 5.43. The van der Waals surface area contributed by atoms with Gasteiger partial charge in [0.25, 0.3) is 0 Å². The summed E-state index contributed by atoms with van der Waals surface area (Å²) in [5.74, 6) is 0.829. The van der Waals surface area contributed by atoms with Gasteiger partial charge >= 0.3 is 0 Å². The highest BCUT2D eigenvalue weighted by Gasteiger charge is 2.19. The molecule has 21 heavy (non-hydrogen) atoms. The van der Waals surface area contributed by atoms with Crippen molar-refractivity contribution in [2.75, 3.05) is 13.7 Å². The van der Waals surface area contributed by atoms with Crippen LogP contribution in [0, 0.1) is 12.7 Å². The molecule has 2 nitrogen and oxygen atoms in total. The average Bonchev–Trinajstić information content (AvgIpc) is 2.52. The molecule has 1 N–H and O–H groups in total. The van der Waals surface area contributed by atoms with Gasteiger partial charge in [-0.2, -0.15) is 0 Å². The van der Waals surface area contributed by atoms with Gasteiger partial charge in [0, 0.05) is 5.56 Å². The lowest BCUT2D eigenvalue weighted by Crippen LogP contribution is -2.20. The van der Waals surface area contributed by atoms with Gasteiger partial charge in [-0.15, -0.1) is 0 Å². The molecule has 3 heteroatoms. The first kappa shape index (κ1) is 14.1. The van der Waals surface area contributed by atoms with Crippen molar-refractivity contribution in [1.82, 2.24) is 5.32 Å². The Bertz CT molecular complexity index is 654. The van der Waals surface area contributed by atoms with E-state index in [1.165, 1.54) is 5.56 Å². The van der Waals surface area contributed by atoms with Crippen molar-refractivity contribution >= 4 is 0 Å². The second-order valence-electron chi connectivity index (χ2n) is 5.52. The Labute approximate surface area is 125 Å². The maximum atomic E-state index is 14.4. The summed E-state index contributed by atoms with van der Waals surface area (Å²) >= 11 is 0. The fourth-order valence-corrected chi connectivity index (χ4v) is 2.95. The molecular weight excluding hydrogens is 265 g/mol. The predicted molar refractivity (Wildman–Crippen MR) is 82.3 cm³/mol. The SMILES string of the molecule is CNC(c1ccc2c(c1)CCCO2)c1cccc(C)c1F. The second-order valence-corrected chi connectivity index (χ2v) is 5.52. The zero-order chi connectivity index (χ0) is 14.8. The van der Waals surface area contributed by atoms with Gasteiger partial charge in [-0.25, -0.2) is 4.39 Å². The summed E-state index contributed by atoms with van der Waals surface area (Å²) in [7, 11) is 1.86. The van der Waals surface area contributed by atoms with E-state index < -0.39 is 0 Å². The molecule has 1 atom stereocenters. The molecule has 110 valence electrons. The third-order valence-corrected chi connectivity index (χ3v) is 4.09. The molecule has 1 unspecified atom stereocenters. The standard InChI is InChI=1S/C18H20FNO/c1-12-5-3-7-15(17(12)19)18(20-2)14-8-9-16-13(11-14)6-4-10-21-16/h3,5,7-9,11,18,20H,4,6,10H2,1-2H3. The van der Waals surface area contributed by atoms with Crippen LogP contribution in [0.3, 0.4) is 0 Å². The molecule has 0 saturated carbocycles. The molecule has 0 aromatic heterocycles. The van der Waals surface area contributed by atoms with Gasteiger partial charge in [-0.3, -0.25) is 0 Å². The number of hydrogen-bond donors (Lipinski definition) is 1. The summed E-state index contributed by atoms with van der Waals surface area (Å²) in [6.45, 7) is 2.58. The van der Waals surface area contributed by atoms with E-state index in [0.29, 0.717) is 11.1 Å². The molecule has 0 fully saturated rings. The first-order valence-electron chi connectivity index (χ1n) is 7.38. The van der Waals surface area contributed by atoms with Gasteiger partial charge in [-0.1, -0.05) is 30.3 Å². The molecule has 0 spiro atoms. The average molecular weight is 285 g/mol. The fourth-order valence-electron chi connectivity index (χ4n) is 2.95. The van der Waals surface area contributed by atoms with Crippen LogP contribution >= 0.6 is 0 Å². The summed E-state index contributed by atoms with van der Waals surface area (Å²) in [5.41, 5.74) is 3.65. The maximum absolute atomic E-state index is 14.4. The zero-order valence-corrected chi connectivity index (χ0v) is 12.4. The molecular formula is C18H20FNO. The van der Waals surface area contributed by atoms with Crippen LogP contribution in [-0.2, 0) is 6.42 Å². The molecule has 0 radical (unpaired) electrons. The Balaban J connectivity index is 2.02. The smallest absolute Gasteiger partial charge is 0.131 e. The molecule has 0 aliphatic carbocycles. The minimum atomic E-state index is -0.142. The molecule has 1 heterocycles. The van der Waals surface area contributed by atoms with Crippen molar-refractivity contribution in [2.45, 2.75) is 25.8 Å². The molecule has 2 aromatic carbocycles. The first-order chi connectivity index (χ1) is 10.2. The van der Waals surface area contributed by atoms with Crippen molar-refractivity contribution in [2.24, 2.45) is 0 Å². The van der Waals surface area contributed by atoms with Crippen molar-refractivity contribution in [1.29, 1.82) is 0 Å². The Morgan fingerprint density at radius 3 is 2.90 bits per heavy atom. The highest BCUT2D eigenvalue weighted by atomic mass is 19.1. The third-order valence-electron chi connectivity index (χ3n) is 4.09. The summed E-state index contributed by atoms with van der Waals surface area (Å²) in [6.07, 6.45) is 2.06. The summed E-state index contributed by atoms with van der Waals surface area (Å²) in [6, 6.07) is 11.6. The van der Waals surface area contributed by atoms with Gasteiger partial charge in [0.1, 0.15) is 11.6 Å². The van der Waals surface area contributed by atoms with Crippen molar-refractivity contribution < 1.29 is 9.13 Å². The molecule has 0 bridgehead atoms. The molecule has 2 aromatic rings. The van der Waals surface area contributed by atoms with E-state index in [1.54, 1.807) is 13.0 Å². The van der Waals surface area contributed by atoms with E-state index in [9.17, 15) is 4.39 Å². The van der Waals surface area contributed by atoms with E-state index in [2.05, 4.69) is 11.4 Å². The first-order valence-corrected chi connectivity index (χ1v) is 7.38. The van der Waals surface area contributed by atoms with Crippen molar-refractivity contribution in [3.63, 3.8) is 0 Å². The van der Waals surface area contributed by atoms with E-state index in [0.717, 1.165) is 30.8 Å². The minimum Gasteiger partial charge on any atom is -0.493 e. The van der Waals surface area contributed by atoms with Gasteiger partial charge in [-0.05, 0) is 49.6 Å². The van der Waals surface area contributed by atoms with Crippen LogP contribution in [0.5, 0.6) is 5.75 Å². The number of fused-ring (bicyclic) bond motifs is 1. The van der Waals surface area contributed by atoms with Gasteiger partial charge in [0.15, 0.2) is 0 Å². The molecule has 3 rings (SSSR count). The van der Waals surface area contributed by atoms with E-state index in [4.69, 9.17) is 4.74 Å². The number of ether oxygens (including phenoxy) is 1. The molecule has 0 saturated heterocycles. The number of hydrogen-bond acceptors (Lipinski definition) is 2. The van der Waals surface area contributed by atoms with E-state index >= 15 is 0 Å². The zero-order valence-electron chi connectivity index (χ0n) is 12.4. The number of nitrogens with one attached hydrogen (secondary N) is 1. The molecule has 1 aliphatic rings. The van der Waals surface area contributed by atoms with Crippen molar-refractivity contribution in [3.05, 3.63) is 64.5 Å². The van der Waals surface area contributed by atoms with E-state index in [-0.39, 0.29) is 11.9 Å². The highest BCUT2D eigenvalue weighted by Crippen LogP contribution is 2.31. The van der Waals surface area contributed by atoms with Crippen LogP contribution in [-0.4, -0.2) is 13.7 Å². The number of aryl methyl sites for hydroxylation is 2. The van der Waals surface area contributed by atoms with Crippen LogP contribution in [0.25, 0.3) is 0 Å². The van der Waals surface area contributed by atoms with Crippen LogP contribution in [0.2, 0.25) is 0 Å². The molecule has 0 amide bonds. The predicted octanol–water partition coefficient (Wildman–Crippen LogP) is 3.77. The Kier molecular flexibility index (Phi) is 3.93. The van der Waals surface area contributed by atoms with Crippen LogP contribution in [0.1, 0.15) is 34.7 Å². The third kappa shape index (κ3) is 2.66. The normalized spacial score (nSPS) is 15.2. The largest absolute Gasteiger partial charge is 0.493 e. The lowest BCUT2D eigenvalue weighted by Gasteiger charge is -2.22. The van der Waals surface area contributed by atoms with Gasteiger partial charge in [0.05, 0.1) is 12.6 Å². The lowest BCUT2D eigenvalue weighted by molar-refractivity contribution is 0.288. The topological polar surface area (TPSA) is 21.3 Å². The van der Waals surface area contributed by atoms with Crippen LogP contribution in [0.4, 0.5) is 4.39 Å². The van der Waals surface area contributed by atoms with Gasteiger partial charge in [0.2, 0.25) is 0 Å². The molecule has 1 aliphatic heterocycles. The number of halogens is 1. The van der Waals surface area contributed by atoms with Gasteiger partial charge < -0.3 is 10.1 Å². The lowest BCUT2D eigenvalue weighted by atomic mass is 9.94. The Morgan fingerprint density at radius 2 is 2.10 bits per heavy atom. The Morgan fingerprint density at radius 1 is 1.24 bits per heavy atom. The monoisotopic (exact) mass is 285 g/mol. The maximum Gasteiger partial charge on any atom is 0.131 e. The van der Waals surface area contributed by atoms with E-state index in [1.807, 2.05) is 31.3 Å². The van der Waals surface area contributed by atoms with Crippen molar-refractivity contribution in [3.8, 4) is 5.75 Å². The fraction of sp³-hybridized carbons (Fsp3) is 0.333. The minimum absolute atomic E-state index is 0.133.